The minimum atomic E-state index is -1.05. The van der Waals surface area contributed by atoms with Crippen molar-refractivity contribution < 1.29 is 23.2 Å². The molecule has 0 saturated carbocycles. The van der Waals surface area contributed by atoms with Gasteiger partial charge < -0.3 is 24.2 Å². The Morgan fingerprint density at radius 3 is 2.82 bits per heavy atom. The van der Waals surface area contributed by atoms with E-state index in [0.29, 0.717) is 16.6 Å². The maximum atomic E-state index is 13.2. The number of halogens is 1. The van der Waals surface area contributed by atoms with Crippen molar-refractivity contribution in [1.82, 2.24) is 10.6 Å². The molecule has 0 aliphatic carbocycles. The highest BCUT2D eigenvalue weighted by atomic mass is 35.5. The van der Waals surface area contributed by atoms with E-state index in [1.165, 1.54) is 12.5 Å². The molecule has 0 radical (unpaired) electrons. The summed E-state index contributed by atoms with van der Waals surface area (Å²) in [5.74, 6) is -0.812. The normalized spacial score (nSPS) is 16.9. The van der Waals surface area contributed by atoms with Gasteiger partial charge in [-0.1, -0.05) is 0 Å². The summed E-state index contributed by atoms with van der Waals surface area (Å²) in [6.45, 7) is 1.78. The average molecular weight is 403 g/mol. The summed E-state index contributed by atoms with van der Waals surface area (Å²) in [6, 6.07) is 3.34. The second-order valence-corrected chi connectivity index (χ2v) is 6.37. The van der Waals surface area contributed by atoms with Gasteiger partial charge in [0.25, 0.3) is 0 Å². The first-order chi connectivity index (χ1) is 13.5. The monoisotopic (exact) mass is 402 g/mol. The molecule has 0 bridgehead atoms. The molecule has 0 saturated heterocycles. The lowest BCUT2D eigenvalue weighted by molar-refractivity contribution is -0.139. The highest BCUT2D eigenvalue weighted by Crippen LogP contribution is 2.29. The van der Waals surface area contributed by atoms with E-state index in [0.717, 1.165) is 5.39 Å². The number of nitrogens with one attached hydrogen (secondary N) is 2. The van der Waals surface area contributed by atoms with Gasteiger partial charge in [-0.05, 0) is 19.1 Å². The molecule has 9 heteroatoms. The maximum absolute atomic E-state index is 13.2. The van der Waals surface area contributed by atoms with Crippen LogP contribution >= 0.6 is 11.6 Å². The Morgan fingerprint density at radius 2 is 2.07 bits per heavy atom. The van der Waals surface area contributed by atoms with E-state index in [4.69, 9.17) is 25.2 Å². The standard InChI is InChI=1S/C19H15ClN2O6/c1-2-26-18(24)15-12(7-20)21-19(25)22-16(15)11-8-28-14-6-13-9(3-4-27-13)5-10(14)17(11)23/h3-6,8,16H,2,7H2,1H3,(H2,21,22,25). The Hall–Kier alpha value is -3.26. The van der Waals surface area contributed by atoms with Crippen LogP contribution in [0.2, 0.25) is 0 Å². The molecule has 1 aliphatic rings. The smallest absolute Gasteiger partial charge is 0.338 e. The van der Waals surface area contributed by atoms with E-state index >= 15 is 0 Å². The molecule has 28 heavy (non-hydrogen) atoms. The van der Waals surface area contributed by atoms with Crippen LogP contribution < -0.4 is 16.1 Å². The van der Waals surface area contributed by atoms with Crippen LogP contribution in [0, 0.1) is 0 Å². The lowest BCUT2D eigenvalue weighted by Crippen LogP contribution is -2.47. The zero-order valence-corrected chi connectivity index (χ0v) is 15.5. The molecule has 3 aromatic rings. The van der Waals surface area contributed by atoms with Gasteiger partial charge in [0, 0.05) is 17.1 Å². The first kappa shape index (κ1) is 18.1. The van der Waals surface area contributed by atoms with Gasteiger partial charge in [0.1, 0.15) is 17.4 Å². The van der Waals surface area contributed by atoms with Gasteiger partial charge in [0.15, 0.2) is 5.43 Å². The Kier molecular flexibility index (Phi) is 4.56. The molecule has 2 N–H and O–H groups in total. The Bertz CT molecular complexity index is 1190. The van der Waals surface area contributed by atoms with Crippen molar-refractivity contribution in [1.29, 1.82) is 0 Å². The zero-order chi connectivity index (χ0) is 19.8. The molecule has 3 heterocycles. The number of hydrogen-bond donors (Lipinski definition) is 2. The number of amides is 2. The molecule has 4 rings (SSSR count). The van der Waals surface area contributed by atoms with Crippen LogP contribution in [0.25, 0.3) is 21.9 Å². The van der Waals surface area contributed by atoms with Crippen molar-refractivity contribution in [3.63, 3.8) is 0 Å². The number of rotatable bonds is 4. The van der Waals surface area contributed by atoms with Gasteiger partial charge in [0.05, 0.1) is 41.3 Å². The Balaban J connectivity index is 1.92. The van der Waals surface area contributed by atoms with Crippen LogP contribution in [0.4, 0.5) is 4.79 Å². The van der Waals surface area contributed by atoms with Gasteiger partial charge in [-0.15, -0.1) is 11.6 Å². The number of benzene rings is 1. The molecule has 0 fully saturated rings. The van der Waals surface area contributed by atoms with E-state index in [2.05, 4.69) is 10.6 Å². The van der Waals surface area contributed by atoms with Gasteiger partial charge in [-0.3, -0.25) is 4.79 Å². The first-order valence-corrected chi connectivity index (χ1v) is 9.03. The summed E-state index contributed by atoms with van der Waals surface area (Å²) in [7, 11) is 0. The quantitative estimate of drug-likeness (QED) is 0.512. The lowest BCUT2D eigenvalue weighted by Gasteiger charge is -2.28. The number of urea groups is 1. The van der Waals surface area contributed by atoms with Crippen molar-refractivity contribution in [3.8, 4) is 0 Å². The number of allylic oxidation sites excluding steroid dienone is 1. The summed E-state index contributed by atoms with van der Waals surface area (Å²) in [6.07, 6.45) is 2.73. The second-order valence-electron chi connectivity index (χ2n) is 6.10. The van der Waals surface area contributed by atoms with Crippen molar-refractivity contribution >= 4 is 45.5 Å². The van der Waals surface area contributed by atoms with Crippen LogP contribution in [0.15, 0.2) is 55.6 Å². The number of hydrogen-bond acceptors (Lipinski definition) is 6. The molecule has 1 unspecified atom stereocenters. The molecule has 1 atom stereocenters. The van der Waals surface area contributed by atoms with Crippen LogP contribution in [0.5, 0.6) is 0 Å². The zero-order valence-electron chi connectivity index (χ0n) is 14.7. The van der Waals surface area contributed by atoms with Gasteiger partial charge in [-0.2, -0.15) is 0 Å². The van der Waals surface area contributed by atoms with Crippen LogP contribution in [0.1, 0.15) is 18.5 Å². The third kappa shape index (κ3) is 2.91. The summed E-state index contributed by atoms with van der Waals surface area (Å²) in [4.78, 5) is 37.7. The number of furan rings is 1. The Morgan fingerprint density at radius 1 is 1.25 bits per heavy atom. The predicted octanol–water partition coefficient (Wildman–Crippen LogP) is 2.95. The molecular formula is C19H15ClN2O6. The van der Waals surface area contributed by atoms with Gasteiger partial charge >= 0.3 is 12.0 Å². The van der Waals surface area contributed by atoms with Crippen molar-refractivity contribution in [2.24, 2.45) is 0 Å². The van der Waals surface area contributed by atoms with Crippen molar-refractivity contribution in [2.45, 2.75) is 13.0 Å². The second kappa shape index (κ2) is 7.05. The number of carbonyl (C=O) groups excluding carboxylic acids is 2. The number of esters is 1. The predicted molar refractivity (Wildman–Crippen MR) is 101 cm³/mol. The van der Waals surface area contributed by atoms with E-state index in [-0.39, 0.29) is 34.7 Å². The highest BCUT2D eigenvalue weighted by molar-refractivity contribution is 6.20. The molecule has 1 aromatic carbocycles. The third-order valence-electron chi connectivity index (χ3n) is 4.47. The molecule has 2 aromatic heterocycles. The van der Waals surface area contributed by atoms with E-state index in [9.17, 15) is 14.4 Å². The molecule has 144 valence electrons. The molecule has 2 amide bonds. The topological polar surface area (TPSA) is 111 Å². The van der Waals surface area contributed by atoms with Crippen LogP contribution in [-0.2, 0) is 9.53 Å². The summed E-state index contributed by atoms with van der Waals surface area (Å²) in [5, 5.41) is 6.09. The molecule has 8 nitrogen and oxygen atoms in total. The minimum Gasteiger partial charge on any atom is -0.464 e. The molecule has 1 aliphatic heterocycles. The number of carbonyl (C=O) groups is 2. The summed E-state index contributed by atoms with van der Waals surface area (Å²) < 4.78 is 16.0. The minimum absolute atomic E-state index is 0.0625. The van der Waals surface area contributed by atoms with E-state index < -0.39 is 18.0 Å². The first-order valence-electron chi connectivity index (χ1n) is 8.49. The van der Waals surface area contributed by atoms with Gasteiger partial charge in [-0.25, -0.2) is 9.59 Å². The molecular weight excluding hydrogens is 388 g/mol. The van der Waals surface area contributed by atoms with E-state index in [1.807, 2.05) is 0 Å². The third-order valence-corrected chi connectivity index (χ3v) is 4.74. The molecule has 0 spiro atoms. The van der Waals surface area contributed by atoms with E-state index in [1.54, 1.807) is 25.1 Å². The summed E-state index contributed by atoms with van der Waals surface area (Å²) >= 11 is 5.90. The van der Waals surface area contributed by atoms with Gasteiger partial charge in [0.2, 0.25) is 0 Å². The lowest BCUT2D eigenvalue weighted by atomic mass is 9.95. The highest BCUT2D eigenvalue weighted by Gasteiger charge is 2.35. The number of alkyl halides is 1. The Labute approximate surface area is 163 Å². The summed E-state index contributed by atoms with van der Waals surface area (Å²) in [5.41, 5.74) is 0.861. The largest absolute Gasteiger partial charge is 0.464 e. The van der Waals surface area contributed by atoms with Crippen molar-refractivity contribution in [2.75, 3.05) is 12.5 Å². The number of ether oxygens (including phenoxy) is 1. The fourth-order valence-corrected chi connectivity index (χ4v) is 3.42. The maximum Gasteiger partial charge on any atom is 0.338 e. The number of fused-ring (bicyclic) bond motifs is 2. The SMILES string of the molecule is CCOC(=O)C1=C(CCl)NC(=O)NC1c1coc2cc3occc3cc2c1=O. The van der Waals surface area contributed by atoms with Crippen LogP contribution in [-0.4, -0.2) is 24.5 Å². The van der Waals surface area contributed by atoms with Crippen LogP contribution in [0.3, 0.4) is 0 Å². The van der Waals surface area contributed by atoms with Crippen molar-refractivity contribution in [3.05, 3.63) is 57.8 Å². The average Bonchev–Trinajstić information content (AvgIpc) is 3.13. The fraction of sp³-hybridized carbons (Fsp3) is 0.211. The fourth-order valence-electron chi connectivity index (χ4n) is 3.21.